The molecule has 2 aliphatic heterocycles. The predicted octanol–water partition coefficient (Wildman–Crippen LogP) is 0.101. The number of carbonyl (C=O) groups excluding carboxylic acids is 3. The number of amides is 3. The van der Waals surface area contributed by atoms with E-state index in [9.17, 15) is 18.8 Å². The van der Waals surface area contributed by atoms with Gasteiger partial charge in [0, 0.05) is 26.2 Å². The van der Waals surface area contributed by atoms with Crippen molar-refractivity contribution in [2.45, 2.75) is 19.9 Å². The van der Waals surface area contributed by atoms with Gasteiger partial charge in [-0.3, -0.25) is 14.4 Å². The van der Waals surface area contributed by atoms with Crippen molar-refractivity contribution in [3.05, 3.63) is 29.1 Å². The van der Waals surface area contributed by atoms with Gasteiger partial charge in [-0.15, -0.1) is 0 Å². The van der Waals surface area contributed by atoms with Crippen molar-refractivity contribution in [2.24, 2.45) is 0 Å². The third-order valence-corrected chi connectivity index (χ3v) is 4.59. The third-order valence-electron chi connectivity index (χ3n) is 4.59. The Morgan fingerprint density at radius 3 is 2.72 bits per heavy atom. The Balaban J connectivity index is 1.65. The minimum absolute atomic E-state index is 0.108. The van der Waals surface area contributed by atoms with Crippen LogP contribution in [-0.2, 0) is 27.3 Å². The molecule has 0 saturated carbocycles. The van der Waals surface area contributed by atoms with E-state index in [1.807, 2.05) is 0 Å². The quantitative estimate of drug-likeness (QED) is 0.757. The molecule has 1 aromatic rings. The molecule has 0 bridgehead atoms. The molecule has 2 N–H and O–H groups in total. The molecule has 0 aliphatic carbocycles. The third kappa shape index (κ3) is 3.48. The molecule has 0 radical (unpaired) electrons. The molecule has 0 unspecified atom stereocenters. The van der Waals surface area contributed by atoms with Crippen LogP contribution in [0.15, 0.2) is 12.1 Å². The summed E-state index contributed by atoms with van der Waals surface area (Å²) < 4.78 is 14.5. The summed E-state index contributed by atoms with van der Waals surface area (Å²) in [5.74, 6) is -2.24. The lowest BCUT2D eigenvalue weighted by molar-refractivity contribution is -0.156. The van der Waals surface area contributed by atoms with Crippen LogP contribution in [0.3, 0.4) is 0 Å². The van der Waals surface area contributed by atoms with Crippen molar-refractivity contribution in [3.63, 3.8) is 0 Å². The maximum absolute atomic E-state index is 14.5. The van der Waals surface area contributed by atoms with Gasteiger partial charge in [-0.25, -0.2) is 4.39 Å². The van der Waals surface area contributed by atoms with Crippen LogP contribution in [0.5, 0.6) is 0 Å². The number of nitrogens with one attached hydrogen (secondary N) is 2. The van der Waals surface area contributed by atoms with E-state index in [0.29, 0.717) is 44.7 Å². The molecule has 3 amide bonds. The van der Waals surface area contributed by atoms with E-state index in [1.54, 1.807) is 13.0 Å². The first-order valence-corrected chi connectivity index (χ1v) is 8.40. The number of nitrogens with zero attached hydrogens (tertiary/aromatic N) is 2. The van der Waals surface area contributed by atoms with Crippen LogP contribution >= 0.6 is 0 Å². The van der Waals surface area contributed by atoms with Gasteiger partial charge in [-0.1, -0.05) is 6.07 Å². The topological polar surface area (TPSA) is 81.8 Å². The number of anilines is 1. The van der Waals surface area contributed by atoms with Crippen LogP contribution in [0.2, 0.25) is 0 Å². The molecule has 1 saturated heterocycles. The van der Waals surface area contributed by atoms with Gasteiger partial charge < -0.3 is 20.4 Å². The van der Waals surface area contributed by atoms with E-state index < -0.39 is 23.5 Å². The maximum Gasteiger partial charge on any atom is 0.312 e. The molecular weight excluding hydrogens is 327 g/mol. The Bertz CT molecular complexity index is 722. The monoisotopic (exact) mass is 348 g/mol. The minimum atomic E-state index is -0.694. The molecule has 25 heavy (non-hydrogen) atoms. The first-order valence-electron chi connectivity index (χ1n) is 8.40. The smallest absolute Gasteiger partial charge is 0.312 e. The van der Waals surface area contributed by atoms with Gasteiger partial charge in [0.05, 0.1) is 5.69 Å². The molecule has 0 aromatic heterocycles. The van der Waals surface area contributed by atoms with Crippen molar-refractivity contribution in [3.8, 4) is 0 Å². The number of benzene rings is 1. The summed E-state index contributed by atoms with van der Waals surface area (Å²) in [4.78, 5) is 38.7. The Morgan fingerprint density at radius 2 is 1.96 bits per heavy atom. The highest BCUT2D eigenvalue weighted by Crippen LogP contribution is 2.24. The zero-order valence-electron chi connectivity index (χ0n) is 14.1. The van der Waals surface area contributed by atoms with Crippen molar-refractivity contribution < 1.29 is 18.8 Å². The predicted molar refractivity (Wildman–Crippen MR) is 89.3 cm³/mol. The Labute approximate surface area is 145 Å². The lowest BCUT2D eigenvalue weighted by Gasteiger charge is -2.32. The highest BCUT2D eigenvalue weighted by molar-refractivity contribution is 6.35. The van der Waals surface area contributed by atoms with Crippen molar-refractivity contribution in [1.29, 1.82) is 0 Å². The molecule has 134 valence electrons. The lowest BCUT2D eigenvalue weighted by Crippen LogP contribution is -2.55. The van der Waals surface area contributed by atoms with Gasteiger partial charge in [-0.2, -0.15) is 0 Å². The van der Waals surface area contributed by atoms with Crippen molar-refractivity contribution in [2.75, 3.05) is 38.0 Å². The first kappa shape index (κ1) is 17.3. The fourth-order valence-corrected chi connectivity index (χ4v) is 3.16. The van der Waals surface area contributed by atoms with Crippen molar-refractivity contribution in [1.82, 2.24) is 15.1 Å². The highest BCUT2D eigenvalue weighted by atomic mass is 19.1. The van der Waals surface area contributed by atoms with Crippen LogP contribution < -0.4 is 10.6 Å². The number of piperazine rings is 1. The Kier molecular flexibility index (Phi) is 4.98. The van der Waals surface area contributed by atoms with Gasteiger partial charge in [0.1, 0.15) is 12.4 Å². The van der Waals surface area contributed by atoms with Crippen LogP contribution in [0.1, 0.15) is 18.1 Å². The minimum Gasteiger partial charge on any atom is -0.333 e. The van der Waals surface area contributed by atoms with Gasteiger partial charge >= 0.3 is 11.8 Å². The van der Waals surface area contributed by atoms with E-state index in [-0.39, 0.29) is 12.2 Å². The zero-order chi connectivity index (χ0) is 18.0. The number of hydrogen-bond acceptors (Lipinski definition) is 4. The standard InChI is InChI=1S/C17H21FN4O3/c1-2-21-7-8-22(17(25)16(21)24)10-14(23)20-13-4-3-11-9-19-6-5-12(11)15(13)18/h3-4,19H,2,5-10H2,1H3,(H,20,23). The molecule has 8 heteroatoms. The molecule has 2 aliphatic rings. The zero-order valence-corrected chi connectivity index (χ0v) is 14.1. The molecule has 1 fully saturated rings. The largest absolute Gasteiger partial charge is 0.333 e. The summed E-state index contributed by atoms with van der Waals surface area (Å²) in [6.45, 7) is 3.99. The molecule has 7 nitrogen and oxygen atoms in total. The molecular formula is C17H21FN4O3. The van der Waals surface area contributed by atoms with Crippen LogP contribution in [-0.4, -0.2) is 60.2 Å². The van der Waals surface area contributed by atoms with Crippen LogP contribution in [0.25, 0.3) is 0 Å². The first-order chi connectivity index (χ1) is 12.0. The maximum atomic E-state index is 14.5. The SMILES string of the molecule is CCN1CCN(CC(=O)Nc2ccc3c(c2F)CCNC3)C(=O)C1=O. The number of rotatable bonds is 4. The number of likely N-dealkylation sites (N-methyl/N-ethyl adjacent to an activating group) is 1. The van der Waals surface area contributed by atoms with E-state index in [1.165, 1.54) is 15.9 Å². The Morgan fingerprint density at radius 1 is 1.24 bits per heavy atom. The normalized spacial score (nSPS) is 17.5. The van der Waals surface area contributed by atoms with Gasteiger partial charge in [-0.05, 0) is 37.1 Å². The number of hydrogen-bond donors (Lipinski definition) is 2. The average molecular weight is 348 g/mol. The van der Waals surface area contributed by atoms with E-state index >= 15 is 0 Å². The second-order valence-electron chi connectivity index (χ2n) is 6.15. The summed E-state index contributed by atoms with van der Waals surface area (Å²) in [6.07, 6.45) is 0.566. The summed E-state index contributed by atoms with van der Waals surface area (Å²) in [5, 5.41) is 5.68. The lowest BCUT2D eigenvalue weighted by atomic mass is 9.99. The van der Waals surface area contributed by atoms with E-state index in [4.69, 9.17) is 0 Å². The van der Waals surface area contributed by atoms with Gasteiger partial charge in [0.2, 0.25) is 5.91 Å². The molecule has 3 rings (SSSR count). The second kappa shape index (κ2) is 7.18. The summed E-state index contributed by atoms with van der Waals surface area (Å²) in [6, 6.07) is 3.32. The summed E-state index contributed by atoms with van der Waals surface area (Å²) in [5.41, 5.74) is 1.61. The van der Waals surface area contributed by atoms with Crippen LogP contribution in [0, 0.1) is 5.82 Å². The number of halogens is 1. The van der Waals surface area contributed by atoms with Gasteiger partial charge in [0.15, 0.2) is 0 Å². The summed E-state index contributed by atoms with van der Waals surface area (Å²) in [7, 11) is 0. The number of carbonyl (C=O) groups is 3. The van der Waals surface area contributed by atoms with Crippen molar-refractivity contribution >= 4 is 23.4 Å². The van der Waals surface area contributed by atoms with Gasteiger partial charge in [0.25, 0.3) is 0 Å². The Hall–Kier alpha value is -2.48. The fraction of sp³-hybridized carbons (Fsp3) is 0.471. The van der Waals surface area contributed by atoms with Crippen LogP contribution in [0.4, 0.5) is 10.1 Å². The second-order valence-corrected chi connectivity index (χ2v) is 6.15. The molecule has 0 atom stereocenters. The molecule has 2 heterocycles. The van der Waals surface area contributed by atoms with E-state index in [2.05, 4.69) is 10.6 Å². The molecule has 1 aromatic carbocycles. The highest BCUT2D eigenvalue weighted by Gasteiger charge is 2.32. The molecule has 0 spiro atoms. The van der Waals surface area contributed by atoms with E-state index in [0.717, 1.165) is 5.56 Å². The average Bonchev–Trinajstić information content (AvgIpc) is 2.62. The number of fused-ring (bicyclic) bond motifs is 1. The fourth-order valence-electron chi connectivity index (χ4n) is 3.16. The summed E-state index contributed by atoms with van der Waals surface area (Å²) >= 11 is 0.